The zero-order valence-corrected chi connectivity index (χ0v) is 11.3. The third-order valence-electron chi connectivity index (χ3n) is 2.55. The average Bonchev–Trinajstić information content (AvgIpc) is 2.47. The van der Waals surface area contributed by atoms with Crippen LogP contribution < -0.4 is 10.1 Å². The molecule has 0 atom stereocenters. The molecule has 2 rings (SSSR count). The number of nitriles is 1. The Labute approximate surface area is 120 Å². The SMILES string of the molecule is COc1cccc(C#N)c1NC(=O)c1cccc(Cl)n1. The van der Waals surface area contributed by atoms with Gasteiger partial charge in [0.1, 0.15) is 28.4 Å². The summed E-state index contributed by atoms with van der Waals surface area (Å²) in [7, 11) is 1.46. The molecule has 5 nitrogen and oxygen atoms in total. The van der Waals surface area contributed by atoms with Crippen LogP contribution in [0.5, 0.6) is 5.75 Å². The lowest BCUT2D eigenvalue weighted by atomic mass is 10.1. The Morgan fingerprint density at radius 2 is 2.10 bits per heavy atom. The highest BCUT2D eigenvalue weighted by molar-refractivity contribution is 6.29. The van der Waals surface area contributed by atoms with Gasteiger partial charge >= 0.3 is 0 Å². The smallest absolute Gasteiger partial charge is 0.274 e. The van der Waals surface area contributed by atoms with Crippen molar-refractivity contribution in [3.63, 3.8) is 0 Å². The van der Waals surface area contributed by atoms with Crippen LogP contribution in [0.2, 0.25) is 5.15 Å². The minimum atomic E-state index is -0.464. The molecule has 1 amide bonds. The number of para-hydroxylation sites is 1. The summed E-state index contributed by atoms with van der Waals surface area (Å²) in [6.07, 6.45) is 0. The van der Waals surface area contributed by atoms with Crippen molar-refractivity contribution in [2.24, 2.45) is 0 Å². The number of carbonyl (C=O) groups is 1. The van der Waals surface area contributed by atoms with Gasteiger partial charge in [0.25, 0.3) is 5.91 Å². The van der Waals surface area contributed by atoms with Crippen molar-refractivity contribution >= 4 is 23.2 Å². The molecular weight excluding hydrogens is 278 g/mol. The summed E-state index contributed by atoms with van der Waals surface area (Å²) >= 11 is 5.74. The van der Waals surface area contributed by atoms with Crippen LogP contribution in [0.4, 0.5) is 5.69 Å². The maximum Gasteiger partial charge on any atom is 0.274 e. The number of ether oxygens (including phenoxy) is 1. The van der Waals surface area contributed by atoms with E-state index in [1.807, 2.05) is 6.07 Å². The quantitative estimate of drug-likeness (QED) is 0.881. The standard InChI is InChI=1S/C14H10ClN3O2/c1-20-11-6-2-4-9(8-16)13(11)18-14(19)10-5-3-7-12(15)17-10/h2-7H,1H3,(H,18,19). The maximum absolute atomic E-state index is 12.1. The second kappa shape index (κ2) is 6.04. The number of hydrogen-bond acceptors (Lipinski definition) is 4. The largest absolute Gasteiger partial charge is 0.495 e. The lowest BCUT2D eigenvalue weighted by Crippen LogP contribution is -2.15. The molecule has 0 aliphatic heterocycles. The van der Waals surface area contributed by atoms with Gasteiger partial charge in [0.05, 0.1) is 12.7 Å². The van der Waals surface area contributed by atoms with Gasteiger partial charge in [-0.25, -0.2) is 4.98 Å². The molecule has 0 saturated carbocycles. The summed E-state index contributed by atoms with van der Waals surface area (Å²) in [4.78, 5) is 16.0. The molecule has 20 heavy (non-hydrogen) atoms. The van der Waals surface area contributed by atoms with Crippen LogP contribution in [-0.4, -0.2) is 18.0 Å². The molecule has 6 heteroatoms. The highest BCUT2D eigenvalue weighted by Crippen LogP contribution is 2.28. The highest BCUT2D eigenvalue weighted by atomic mass is 35.5. The molecular formula is C14H10ClN3O2. The zero-order chi connectivity index (χ0) is 14.5. The topological polar surface area (TPSA) is 75.0 Å². The van der Waals surface area contributed by atoms with E-state index in [1.165, 1.54) is 13.2 Å². The molecule has 0 unspecified atom stereocenters. The van der Waals surface area contributed by atoms with Crippen LogP contribution in [0.25, 0.3) is 0 Å². The number of hydrogen-bond donors (Lipinski definition) is 1. The average molecular weight is 288 g/mol. The molecule has 2 aromatic rings. The molecule has 0 radical (unpaired) electrons. The molecule has 1 heterocycles. The first-order valence-electron chi connectivity index (χ1n) is 5.66. The van der Waals surface area contributed by atoms with E-state index >= 15 is 0 Å². The highest BCUT2D eigenvalue weighted by Gasteiger charge is 2.14. The number of aromatic nitrogens is 1. The number of methoxy groups -OCH3 is 1. The molecule has 0 aliphatic carbocycles. The fourth-order valence-electron chi connectivity index (χ4n) is 1.64. The number of benzene rings is 1. The van der Waals surface area contributed by atoms with Crippen LogP contribution in [-0.2, 0) is 0 Å². The van der Waals surface area contributed by atoms with Crippen molar-refractivity contribution in [1.82, 2.24) is 4.98 Å². The number of nitrogens with one attached hydrogen (secondary N) is 1. The fourth-order valence-corrected chi connectivity index (χ4v) is 1.80. The second-order valence-corrected chi connectivity index (χ2v) is 4.18. The number of anilines is 1. The van der Waals surface area contributed by atoms with Gasteiger partial charge in [-0.3, -0.25) is 4.79 Å². The molecule has 1 aromatic heterocycles. The van der Waals surface area contributed by atoms with Crippen LogP contribution >= 0.6 is 11.6 Å². The third kappa shape index (κ3) is 2.87. The second-order valence-electron chi connectivity index (χ2n) is 3.79. The maximum atomic E-state index is 12.1. The Bertz CT molecular complexity index is 695. The Balaban J connectivity index is 2.35. The summed E-state index contributed by atoms with van der Waals surface area (Å²) in [5.74, 6) is -0.0621. The van der Waals surface area contributed by atoms with Gasteiger partial charge in [0.2, 0.25) is 0 Å². The molecule has 0 fully saturated rings. The van der Waals surface area contributed by atoms with Crippen molar-refractivity contribution in [2.75, 3.05) is 12.4 Å². The minimum Gasteiger partial charge on any atom is -0.495 e. The summed E-state index contributed by atoms with van der Waals surface area (Å²) in [5.41, 5.74) is 0.774. The van der Waals surface area contributed by atoms with E-state index in [0.29, 0.717) is 17.0 Å². The summed E-state index contributed by atoms with van der Waals surface area (Å²) in [6.45, 7) is 0. The number of pyridine rings is 1. The first-order chi connectivity index (χ1) is 9.65. The van der Waals surface area contributed by atoms with Gasteiger partial charge in [-0.2, -0.15) is 5.26 Å². The Morgan fingerprint density at radius 3 is 2.75 bits per heavy atom. The van der Waals surface area contributed by atoms with Gasteiger partial charge in [0.15, 0.2) is 0 Å². The monoisotopic (exact) mass is 287 g/mol. The van der Waals surface area contributed by atoms with Crippen LogP contribution in [0.15, 0.2) is 36.4 Å². The minimum absolute atomic E-state index is 0.160. The van der Waals surface area contributed by atoms with Crippen molar-refractivity contribution in [2.45, 2.75) is 0 Å². The van der Waals surface area contributed by atoms with Gasteiger partial charge in [-0.1, -0.05) is 23.7 Å². The number of nitrogens with zero attached hydrogens (tertiary/aromatic N) is 2. The van der Waals surface area contributed by atoms with E-state index in [4.69, 9.17) is 21.6 Å². The van der Waals surface area contributed by atoms with Crippen molar-refractivity contribution in [3.05, 3.63) is 52.8 Å². The van der Waals surface area contributed by atoms with E-state index in [-0.39, 0.29) is 10.8 Å². The third-order valence-corrected chi connectivity index (χ3v) is 2.76. The Kier molecular flexibility index (Phi) is 4.18. The van der Waals surface area contributed by atoms with Crippen molar-refractivity contribution in [1.29, 1.82) is 5.26 Å². The molecule has 0 spiro atoms. The van der Waals surface area contributed by atoms with Gasteiger partial charge in [-0.15, -0.1) is 0 Å². The van der Waals surface area contributed by atoms with Gasteiger partial charge in [0, 0.05) is 0 Å². The molecule has 1 N–H and O–H groups in total. The van der Waals surface area contributed by atoms with E-state index in [2.05, 4.69) is 10.3 Å². The van der Waals surface area contributed by atoms with Crippen LogP contribution in [0.3, 0.4) is 0 Å². The van der Waals surface area contributed by atoms with E-state index in [9.17, 15) is 4.79 Å². The molecule has 1 aromatic carbocycles. The normalized spacial score (nSPS) is 9.65. The molecule has 100 valence electrons. The fraction of sp³-hybridized carbons (Fsp3) is 0.0714. The van der Waals surface area contributed by atoms with Crippen molar-refractivity contribution < 1.29 is 9.53 Å². The van der Waals surface area contributed by atoms with E-state index < -0.39 is 5.91 Å². The lowest BCUT2D eigenvalue weighted by Gasteiger charge is -2.11. The van der Waals surface area contributed by atoms with E-state index in [1.54, 1.807) is 30.3 Å². The number of rotatable bonds is 3. The predicted octanol–water partition coefficient (Wildman–Crippen LogP) is 2.87. The number of carbonyl (C=O) groups excluding carboxylic acids is 1. The summed E-state index contributed by atoms with van der Waals surface area (Å²) < 4.78 is 5.14. The summed E-state index contributed by atoms with van der Waals surface area (Å²) in [6, 6.07) is 11.6. The molecule has 0 bridgehead atoms. The Morgan fingerprint density at radius 1 is 1.35 bits per heavy atom. The van der Waals surface area contributed by atoms with Crippen LogP contribution in [0, 0.1) is 11.3 Å². The van der Waals surface area contributed by atoms with Gasteiger partial charge in [-0.05, 0) is 24.3 Å². The predicted molar refractivity (Wildman–Crippen MR) is 74.9 cm³/mol. The van der Waals surface area contributed by atoms with E-state index in [0.717, 1.165) is 0 Å². The zero-order valence-electron chi connectivity index (χ0n) is 10.6. The first kappa shape index (κ1) is 13.8. The van der Waals surface area contributed by atoms with Gasteiger partial charge < -0.3 is 10.1 Å². The number of amides is 1. The Hall–Kier alpha value is -2.58. The molecule has 0 saturated heterocycles. The summed E-state index contributed by atoms with van der Waals surface area (Å²) in [5, 5.41) is 11.9. The lowest BCUT2D eigenvalue weighted by molar-refractivity contribution is 0.102. The van der Waals surface area contributed by atoms with Crippen molar-refractivity contribution in [3.8, 4) is 11.8 Å². The van der Waals surface area contributed by atoms with Crippen LogP contribution in [0.1, 0.15) is 16.1 Å². The first-order valence-corrected chi connectivity index (χ1v) is 6.04. The molecule has 0 aliphatic rings. The number of halogens is 1.